The van der Waals surface area contributed by atoms with E-state index in [1.807, 2.05) is 13.1 Å². The van der Waals surface area contributed by atoms with Gasteiger partial charge in [0.25, 0.3) is 0 Å². The SMILES string of the molecule is CNC(=S)N1CCc2cc(OC)c(OC)cc2C1c1ccccc1. The second kappa shape index (κ2) is 7.09. The summed E-state index contributed by atoms with van der Waals surface area (Å²) in [4.78, 5) is 2.24. The first-order valence-electron chi connectivity index (χ1n) is 7.97. The van der Waals surface area contributed by atoms with Crippen LogP contribution in [-0.2, 0) is 6.42 Å². The number of thiocarbonyl (C=S) groups is 1. The van der Waals surface area contributed by atoms with E-state index in [0.717, 1.165) is 29.6 Å². The second-order valence-corrected chi connectivity index (χ2v) is 6.10. The molecule has 126 valence electrons. The van der Waals surface area contributed by atoms with Crippen LogP contribution in [0.4, 0.5) is 0 Å². The third-order valence-electron chi connectivity index (χ3n) is 4.46. The smallest absolute Gasteiger partial charge is 0.169 e. The maximum atomic E-state index is 5.55. The molecular formula is C19H22N2O2S. The Hall–Kier alpha value is -2.27. The minimum absolute atomic E-state index is 0.0645. The number of ether oxygens (including phenoxy) is 2. The molecule has 0 aromatic heterocycles. The summed E-state index contributed by atoms with van der Waals surface area (Å²) < 4.78 is 11.0. The van der Waals surface area contributed by atoms with Crippen LogP contribution in [0.25, 0.3) is 0 Å². The van der Waals surface area contributed by atoms with Crippen LogP contribution < -0.4 is 14.8 Å². The van der Waals surface area contributed by atoms with Crippen LogP contribution >= 0.6 is 12.2 Å². The monoisotopic (exact) mass is 342 g/mol. The molecule has 2 aromatic carbocycles. The lowest BCUT2D eigenvalue weighted by atomic mass is 9.88. The maximum Gasteiger partial charge on any atom is 0.169 e. The van der Waals surface area contributed by atoms with Gasteiger partial charge in [0.1, 0.15) is 0 Å². The van der Waals surface area contributed by atoms with E-state index in [4.69, 9.17) is 21.7 Å². The van der Waals surface area contributed by atoms with Crippen LogP contribution in [0.3, 0.4) is 0 Å². The van der Waals surface area contributed by atoms with Crippen molar-refractivity contribution >= 4 is 17.3 Å². The lowest BCUT2D eigenvalue weighted by Gasteiger charge is -2.39. The fourth-order valence-corrected chi connectivity index (χ4v) is 3.50. The van der Waals surface area contributed by atoms with Crippen LogP contribution in [0.2, 0.25) is 0 Å². The Morgan fingerprint density at radius 3 is 2.42 bits per heavy atom. The summed E-state index contributed by atoms with van der Waals surface area (Å²) in [6.07, 6.45) is 0.918. The molecule has 0 saturated carbocycles. The van der Waals surface area contributed by atoms with Gasteiger partial charge in [-0.05, 0) is 47.5 Å². The minimum atomic E-state index is 0.0645. The van der Waals surface area contributed by atoms with Gasteiger partial charge in [-0.1, -0.05) is 30.3 Å². The molecule has 1 N–H and O–H groups in total. The predicted molar refractivity (Wildman–Crippen MR) is 99.9 cm³/mol. The predicted octanol–water partition coefficient (Wildman–Crippen LogP) is 3.16. The third-order valence-corrected chi connectivity index (χ3v) is 4.90. The van der Waals surface area contributed by atoms with Gasteiger partial charge in [-0.3, -0.25) is 0 Å². The molecule has 4 nitrogen and oxygen atoms in total. The molecule has 1 heterocycles. The van der Waals surface area contributed by atoms with E-state index in [2.05, 4.69) is 46.6 Å². The van der Waals surface area contributed by atoms with E-state index < -0.39 is 0 Å². The molecule has 5 heteroatoms. The highest BCUT2D eigenvalue weighted by Gasteiger charge is 2.31. The van der Waals surface area contributed by atoms with Crippen LogP contribution in [0.1, 0.15) is 22.7 Å². The van der Waals surface area contributed by atoms with Crippen molar-refractivity contribution in [3.63, 3.8) is 0 Å². The summed E-state index contributed by atoms with van der Waals surface area (Å²) in [6.45, 7) is 0.863. The van der Waals surface area contributed by atoms with Gasteiger partial charge < -0.3 is 19.7 Å². The van der Waals surface area contributed by atoms with E-state index in [9.17, 15) is 0 Å². The van der Waals surface area contributed by atoms with Crippen molar-refractivity contribution in [2.24, 2.45) is 0 Å². The third kappa shape index (κ3) is 2.91. The zero-order chi connectivity index (χ0) is 17.1. The normalized spacial score (nSPS) is 16.3. The van der Waals surface area contributed by atoms with Crippen molar-refractivity contribution in [3.8, 4) is 11.5 Å². The molecule has 0 amide bonds. The lowest BCUT2D eigenvalue weighted by Crippen LogP contribution is -2.44. The number of methoxy groups -OCH3 is 2. The summed E-state index contributed by atoms with van der Waals surface area (Å²) in [5, 5.41) is 3.87. The maximum absolute atomic E-state index is 5.55. The standard InChI is InChI=1S/C19H22N2O2S/c1-20-19(24)21-10-9-14-11-16(22-2)17(23-3)12-15(14)18(21)13-7-5-4-6-8-13/h4-8,11-12,18H,9-10H2,1-3H3,(H,20,24). The van der Waals surface area contributed by atoms with Gasteiger partial charge in [-0.25, -0.2) is 0 Å². The van der Waals surface area contributed by atoms with E-state index in [-0.39, 0.29) is 6.04 Å². The Morgan fingerprint density at radius 1 is 1.12 bits per heavy atom. The molecule has 0 spiro atoms. The lowest BCUT2D eigenvalue weighted by molar-refractivity contribution is 0.325. The Morgan fingerprint density at radius 2 is 1.79 bits per heavy atom. The summed E-state index contributed by atoms with van der Waals surface area (Å²) in [7, 11) is 5.21. The van der Waals surface area contributed by atoms with Crippen LogP contribution in [-0.4, -0.2) is 37.8 Å². The second-order valence-electron chi connectivity index (χ2n) is 5.72. The number of hydrogen-bond donors (Lipinski definition) is 1. The average molecular weight is 342 g/mol. The highest BCUT2D eigenvalue weighted by molar-refractivity contribution is 7.80. The molecule has 24 heavy (non-hydrogen) atoms. The minimum Gasteiger partial charge on any atom is -0.493 e. The van der Waals surface area contributed by atoms with Crippen molar-refractivity contribution in [3.05, 3.63) is 59.2 Å². The Labute approximate surface area is 148 Å². The largest absolute Gasteiger partial charge is 0.493 e. The summed E-state index contributed by atoms with van der Waals surface area (Å²) in [6, 6.07) is 14.7. The first kappa shape index (κ1) is 16.6. The molecule has 0 saturated heterocycles. The van der Waals surface area contributed by atoms with Crippen molar-refractivity contribution in [1.82, 2.24) is 10.2 Å². The van der Waals surface area contributed by atoms with Gasteiger partial charge in [-0.15, -0.1) is 0 Å². The number of nitrogens with one attached hydrogen (secondary N) is 1. The molecule has 0 bridgehead atoms. The van der Waals surface area contributed by atoms with Crippen molar-refractivity contribution < 1.29 is 9.47 Å². The molecule has 0 radical (unpaired) electrons. The Bertz CT molecular complexity index is 734. The quantitative estimate of drug-likeness (QED) is 0.867. The highest BCUT2D eigenvalue weighted by Crippen LogP contribution is 2.40. The summed E-state index contributed by atoms with van der Waals surface area (Å²) >= 11 is 5.55. The molecule has 1 atom stereocenters. The first-order chi connectivity index (χ1) is 11.7. The zero-order valence-corrected chi connectivity index (χ0v) is 15.0. The van der Waals surface area contributed by atoms with Crippen LogP contribution in [0.15, 0.2) is 42.5 Å². The Kier molecular flexibility index (Phi) is 4.90. The van der Waals surface area contributed by atoms with Gasteiger partial charge in [0.15, 0.2) is 16.6 Å². The van der Waals surface area contributed by atoms with Crippen molar-refractivity contribution in [2.75, 3.05) is 27.8 Å². The molecular weight excluding hydrogens is 320 g/mol. The number of benzene rings is 2. The number of fused-ring (bicyclic) bond motifs is 1. The van der Waals surface area contributed by atoms with Crippen LogP contribution in [0, 0.1) is 0 Å². The molecule has 0 fully saturated rings. The molecule has 0 aliphatic carbocycles. The van der Waals surface area contributed by atoms with E-state index in [1.165, 1.54) is 16.7 Å². The Balaban J connectivity index is 2.15. The van der Waals surface area contributed by atoms with Gasteiger partial charge in [0, 0.05) is 13.6 Å². The number of rotatable bonds is 3. The summed E-state index contributed by atoms with van der Waals surface area (Å²) in [5.74, 6) is 1.52. The van der Waals surface area contributed by atoms with Crippen molar-refractivity contribution in [2.45, 2.75) is 12.5 Å². The van der Waals surface area contributed by atoms with E-state index >= 15 is 0 Å². The average Bonchev–Trinajstić information content (AvgIpc) is 2.65. The first-order valence-corrected chi connectivity index (χ1v) is 8.38. The molecule has 1 aliphatic rings. The van der Waals surface area contributed by atoms with Crippen molar-refractivity contribution in [1.29, 1.82) is 0 Å². The fourth-order valence-electron chi connectivity index (χ4n) is 3.30. The van der Waals surface area contributed by atoms with Gasteiger partial charge in [-0.2, -0.15) is 0 Å². The molecule has 3 rings (SSSR count). The molecule has 2 aromatic rings. The fraction of sp³-hybridized carbons (Fsp3) is 0.316. The number of nitrogens with zero attached hydrogens (tertiary/aromatic N) is 1. The van der Waals surface area contributed by atoms with E-state index in [1.54, 1.807) is 14.2 Å². The molecule has 1 aliphatic heterocycles. The zero-order valence-electron chi connectivity index (χ0n) is 14.2. The van der Waals surface area contributed by atoms with Gasteiger partial charge >= 0.3 is 0 Å². The van der Waals surface area contributed by atoms with E-state index in [0.29, 0.717) is 0 Å². The van der Waals surface area contributed by atoms with Crippen LogP contribution in [0.5, 0.6) is 11.5 Å². The highest BCUT2D eigenvalue weighted by atomic mass is 32.1. The molecule has 1 unspecified atom stereocenters. The number of hydrogen-bond acceptors (Lipinski definition) is 3. The summed E-state index contributed by atoms with van der Waals surface area (Å²) in [5.41, 5.74) is 3.70. The van der Waals surface area contributed by atoms with Gasteiger partial charge in [0.05, 0.1) is 20.3 Å². The van der Waals surface area contributed by atoms with Gasteiger partial charge in [0.2, 0.25) is 0 Å². The topological polar surface area (TPSA) is 33.7 Å².